The molecule has 1 heterocycles. The van der Waals surface area contributed by atoms with Crippen molar-refractivity contribution in [3.63, 3.8) is 0 Å². The van der Waals surface area contributed by atoms with E-state index in [1.807, 2.05) is 44.1 Å². The molecule has 6 nitrogen and oxygen atoms in total. The number of nitrogens with zero attached hydrogens (tertiary/aromatic N) is 2. The normalized spacial score (nSPS) is 20.4. The minimum atomic E-state index is -0.177. The van der Waals surface area contributed by atoms with Crippen molar-refractivity contribution in [3.05, 3.63) is 35.9 Å². The lowest BCUT2D eigenvalue weighted by atomic mass is 9.84. The van der Waals surface area contributed by atoms with Gasteiger partial charge in [-0.3, -0.25) is 4.79 Å². The SMILES string of the molecule is CCNC(=O)N1CC(C(=O)NCCN(C)C)CC(c2ccccc2)C1. The average Bonchev–Trinajstić information content (AvgIpc) is 2.62. The number of carbonyl (C=O) groups excluding carboxylic acids is 2. The molecule has 2 unspecified atom stereocenters. The predicted molar refractivity (Wildman–Crippen MR) is 99.5 cm³/mol. The summed E-state index contributed by atoms with van der Waals surface area (Å²) >= 11 is 0. The molecule has 0 aliphatic carbocycles. The summed E-state index contributed by atoms with van der Waals surface area (Å²) in [4.78, 5) is 28.7. The first kappa shape index (κ1) is 19.2. The fourth-order valence-corrected chi connectivity index (χ4v) is 3.23. The van der Waals surface area contributed by atoms with Gasteiger partial charge in [0.25, 0.3) is 0 Å². The molecule has 0 aromatic heterocycles. The van der Waals surface area contributed by atoms with E-state index >= 15 is 0 Å². The minimum absolute atomic E-state index is 0.0387. The molecular weight excluding hydrogens is 316 g/mol. The number of piperidine rings is 1. The van der Waals surface area contributed by atoms with Gasteiger partial charge in [-0.25, -0.2) is 4.79 Å². The van der Waals surface area contributed by atoms with Crippen LogP contribution in [0.4, 0.5) is 4.79 Å². The lowest BCUT2D eigenvalue weighted by Crippen LogP contribution is -2.51. The zero-order valence-electron chi connectivity index (χ0n) is 15.5. The summed E-state index contributed by atoms with van der Waals surface area (Å²) in [6, 6.07) is 10.1. The van der Waals surface area contributed by atoms with Gasteiger partial charge in [0.15, 0.2) is 0 Å². The number of hydrogen-bond donors (Lipinski definition) is 2. The van der Waals surface area contributed by atoms with Crippen LogP contribution in [0.3, 0.4) is 0 Å². The Morgan fingerprint density at radius 2 is 1.88 bits per heavy atom. The van der Waals surface area contributed by atoms with Gasteiger partial charge in [0.1, 0.15) is 0 Å². The molecule has 1 aliphatic heterocycles. The van der Waals surface area contributed by atoms with Gasteiger partial charge in [-0.2, -0.15) is 0 Å². The van der Waals surface area contributed by atoms with E-state index in [0.29, 0.717) is 26.2 Å². The average molecular weight is 346 g/mol. The van der Waals surface area contributed by atoms with Crippen LogP contribution in [0.25, 0.3) is 0 Å². The molecule has 3 amide bonds. The van der Waals surface area contributed by atoms with Gasteiger partial charge >= 0.3 is 6.03 Å². The minimum Gasteiger partial charge on any atom is -0.355 e. The van der Waals surface area contributed by atoms with Gasteiger partial charge in [0.05, 0.1) is 5.92 Å². The highest BCUT2D eigenvalue weighted by atomic mass is 16.2. The molecule has 1 aliphatic rings. The van der Waals surface area contributed by atoms with E-state index in [1.54, 1.807) is 4.90 Å². The van der Waals surface area contributed by atoms with Crippen LogP contribution in [0.2, 0.25) is 0 Å². The van der Waals surface area contributed by atoms with Gasteiger partial charge in [0.2, 0.25) is 5.91 Å². The Balaban J connectivity index is 2.07. The highest BCUT2D eigenvalue weighted by molar-refractivity contribution is 5.81. The Morgan fingerprint density at radius 1 is 1.16 bits per heavy atom. The predicted octanol–water partition coefficient (Wildman–Crippen LogP) is 1.50. The molecule has 138 valence electrons. The highest BCUT2D eigenvalue weighted by Gasteiger charge is 2.34. The molecule has 0 saturated carbocycles. The van der Waals surface area contributed by atoms with E-state index in [4.69, 9.17) is 0 Å². The Morgan fingerprint density at radius 3 is 2.52 bits per heavy atom. The molecule has 0 radical (unpaired) electrons. The Bertz CT molecular complexity index is 562. The molecule has 0 spiro atoms. The van der Waals surface area contributed by atoms with Crippen LogP contribution in [0.1, 0.15) is 24.8 Å². The molecule has 25 heavy (non-hydrogen) atoms. The molecule has 6 heteroatoms. The van der Waals surface area contributed by atoms with Crippen LogP contribution < -0.4 is 10.6 Å². The maximum atomic E-state index is 12.6. The number of likely N-dealkylation sites (tertiary alicyclic amines) is 1. The van der Waals surface area contributed by atoms with Crippen molar-refractivity contribution in [1.29, 1.82) is 0 Å². The molecule has 2 rings (SSSR count). The number of benzene rings is 1. The second-order valence-corrected chi connectivity index (χ2v) is 6.88. The van der Waals surface area contributed by atoms with Crippen molar-refractivity contribution in [2.75, 3.05) is 46.8 Å². The van der Waals surface area contributed by atoms with Crippen molar-refractivity contribution < 1.29 is 9.59 Å². The van der Waals surface area contributed by atoms with Crippen molar-refractivity contribution in [2.45, 2.75) is 19.3 Å². The van der Waals surface area contributed by atoms with Crippen LogP contribution in [0, 0.1) is 5.92 Å². The quantitative estimate of drug-likeness (QED) is 0.820. The number of carbonyl (C=O) groups is 2. The number of nitrogens with one attached hydrogen (secondary N) is 2. The monoisotopic (exact) mass is 346 g/mol. The first-order chi connectivity index (χ1) is 12.0. The fraction of sp³-hybridized carbons (Fsp3) is 0.579. The van der Waals surface area contributed by atoms with Gasteiger partial charge in [-0.05, 0) is 33.0 Å². The second-order valence-electron chi connectivity index (χ2n) is 6.88. The summed E-state index contributed by atoms with van der Waals surface area (Å²) in [6.45, 7) is 5.05. The van der Waals surface area contributed by atoms with Crippen LogP contribution >= 0.6 is 0 Å². The third-order valence-corrected chi connectivity index (χ3v) is 4.57. The molecule has 1 fully saturated rings. The van der Waals surface area contributed by atoms with Gasteiger partial charge < -0.3 is 20.4 Å². The Labute approximate surface area is 150 Å². The summed E-state index contributed by atoms with van der Waals surface area (Å²) in [7, 11) is 3.96. The fourth-order valence-electron chi connectivity index (χ4n) is 3.23. The van der Waals surface area contributed by atoms with E-state index in [9.17, 15) is 9.59 Å². The van der Waals surface area contributed by atoms with Crippen molar-refractivity contribution in [1.82, 2.24) is 20.4 Å². The Kier molecular flexibility index (Phi) is 7.25. The van der Waals surface area contributed by atoms with Gasteiger partial charge in [0, 0.05) is 38.6 Å². The maximum absolute atomic E-state index is 12.6. The molecule has 1 saturated heterocycles. The third kappa shape index (κ3) is 5.74. The zero-order valence-corrected chi connectivity index (χ0v) is 15.5. The molecular formula is C19H30N4O2. The van der Waals surface area contributed by atoms with Crippen molar-refractivity contribution >= 4 is 11.9 Å². The van der Waals surface area contributed by atoms with Crippen LogP contribution in [0.15, 0.2) is 30.3 Å². The standard InChI is InChI=1S/C19H30N4O2/c1-4-20-19(25)23-13-16(15-8-6-5-7-9-15)12-17(14-23)18(24)21-10-11-22(2)3/h5-9,16-17H,4,10-14H2,1-3H3,(H,20,25)(H,21,24). The number of amides is 3. The van der Waals surface area contributed by atoms with E-state index in [-0.39, 0.29) is 23.8 Å². The summed E-state index contributed by atoms with van der Waals surface area (Å²) in [5.41, 5.74) is 1.18. The summed E-state index contributed by atoms with van der Waals surface area (Å²) in [5, 5.41) is 5.86. The highest BCUT2D eigenvalue weighted by Crippen LogP contribution is 2.30. The largest absolute Gasteiger partial charge is 0.355 e. The van der Waals surface area contributed by atoms with E-state index in [2.05, 4.69) is 22.8 Å². The zero-order chi connectivity index (χ0) is 18.2. The van der Waals surface area contributed by atoms with E-state index in [1.165, 1.54) is 5.56 Å². The second kappa shape index (κ2) is 9.42. The Hall–Kier alpha value is -2.08. The molecule has 0 bridgehead atoms. The molecule has 1 aromatic carbocycles. The van der Waals surface area contributed by atoms with Crippen molar-refractivity contribution in [3.8, 4) is 0 Å². The number of rotatable bonds is 6. The van der Waals surface area contributed by atoms with E-state index in [0.717, 1.165) is 13.0 Å². The smallest absolute Gasteiger partial charge is 0.317 e. The first-order valence-electron chi connectivity index (χ1n) is 9.01. The summed E-state index contributed by atoms with van der Waals surface area (Å²) in [5.74, 6) is 0.0441. The number of likely N-dealkylation sites (N-methyl/N-ethyl adjacent to an activating group) is 1. The summed E-state index contributed by atoms with van der Waals surface area (Å²) in [6.07, 6.45) is 0.772. The third-order valence-electron chi connectivity index (χ3n) is 4.57. The van der Waals surface area contributed by atoms with Crippen LogP contribution in [-0.4, -0.2) is 68.6 Å². The lowest BCUT2D eigenvalue weighted by molar-refractivity contribution is -0.126. The van der Waals surface area contributed by atoms with Crippen LogP contribution in [0.5, 0.6) is 0 Å². The lowest BCUT2D eigenvalue weighted by Gasteiger charge is -2.37. The maximum Gasteiger partial charge on any atom is 0.317 e. The first-order valence-corrected chi connectivity index (χ1v) is 9.01. The number of urea groups is 1. The summed E-state index contributed by atoms with van der Waals surface area (Å²) < 4.78 is 0. The van der Waals surface area contributed by atoms with Crippen molar-refractivity contribution in [2.24, 2.45) is 5.92 Å². The molecule has 1 aromatic rings. The van der Waals surface area contributed by atoms with Gasteiger partial charge in [-0.1, -0.05) is 30.3 Å². The number of hydrogen-bond acceptors (Lipinski definition) is 3. The molecule has 2 atom stereocenters. The van der Waals surface area contributed by atoms with E-state index < -0.39 is 0 Å². The van der Waals surface area contributed by atoms with Gasteiger partial charge in [-0.15, -0.1) is 0 Å². The van der Waals surface area contributed by atoms with Crippen LogP contribution in [-0.2, 0) is 4.79 Å². The molecule has 2 N–H and O–H groups in total. The topological polar surface area (TPSA) is 64.7 Å².